The lowest BCUT2D eigenvalue weighted by Crippen LogP contribution is -2.43. The fraction of sp³-hybridized carbons (Fsp3) is 0.500. The Bertz CT molecular complexity index is 850. The van der Waals surface area contributed by atoms with Gasteiger partial charge in [-0.05, 0) is 16.9 Å². The molecule has 8 nitrogen and oxygen atoms in total. The quantitative estimate of drug-likeness (QED) is 0.352. The van der Waals surface area contributed by atoms with Gasteiger partial charge in [-0.1, -0.05) is 36.7 Å². The van der Waals surface area contributed by atoms with Crippen molar-refractivity contribution in [2.24, 2.45) is 5.41 Å². The molecule has 0 aliphatic carbocycles. The summed E-state index contributed by atoms with van der Waals surface area (Å²) >= 11 is 4.51. The van der Waals surface area contributed by atoms with E-state index in [1.807, 2.05) is 32.9 Å². The molecule has 0 saturated heterocycles. The van der Waals surface area contributed by atoms with E-state index in [0.717, 1.165) is 10.6 Å². The Balaban J connectivity index is 1.79. The molecule has 11 heteroatoms. The van der Waals surface area contributed by atoms with Crippen LogP contribution in [-0.2, 0) is 25.6 Å². The Morgan fingerprint density at radius 1 is 1.37 bits per heavy atom. The molecule has 2 aromatic heterocycles. The molecular weight excluding hydrogens is 456 g/mol. The Kier molecular flexibility index (Phi) is 7.43. The normalized spacial score (nSPS) is 13.3. The minimum atomic E-state index is -3.74. The average Bonchev–Trinajstić information content (AvgIpc) is 3.08. The molecular formula is C16H22BrN4O4S2+. The van der Waals surface area contributed by atoms with Gasteiger partial charge in [0.1, 0.15) is 16.3 Å². The molecule has 0 spiro atoms. The van der Waals surface area contributed by atoms with Crippen molar-refractivity contribution in [3.8, 4) is 10.6 Å². The molecule has 0 aliphatic heterocycles. The Morgan fingerprint density at radius 2 is 2.04 bits per heavy atom. The van der Waals surface area contributed by atoms with Crippen molar-refractivity contribution in [3.63, 3.8) is 0 Å². The van der Waals surface area contributed by atoms with E-state index in [0.29, 0.717) is 0 Å². The third-order valence-corrected chi connectivity index (χ3v) is 7.12. The van der Waals surface area contributed by atoms with Gasteiger partial charge in [0.05, 0.1) is 5.75 Å². The summed E-state index contributed by atoms with van der Waals surface area (Å²) in [5, 5.41) is 2.76. The second-order valence-electron chi connectivity index (χ2n) is 6.90. The van der Waals surface area contributed by atoms with E-state index in [-0.39, 0.29) is 30.2 Å². The summed E-state index contributed by atoms with van der Waals surface area (Å²) in [6.45, 7) is 5.64. The first-order chi connectivity index (χ1) is 12.6. The van der Waals surface area contributed by atoms with Gasteiger partial charge in [0.15, 0.2) is 12.4 Å². The maximum atomic E-state index is 12.0. The summed E-state index contributed by atoms with van der Waals surface area (Å²) in [5.41, 5.74) is 0.550. The standard InChI is InChI=1S/C16H21BrN4O4S2/c1-16(2,3)15(17)25-27(23,24)9-6-18-13(22)10-21-7-4-12(5-8-21)14-19-11-20-26-14/h4-5,7-8,11,15H,6,9-10H2,1-3H3/p+1. The van der Waals surface area contributed by atoms with Crippen LogP contribution in [0.25, 0.3) is 10.6 Å². The molecule has 1 amide bonds. The summed E-state index contributed by atoms with van der Waals surface area (Å²) in [7, 11) is -3.74. The molecule has 2 heterocycles. The van der Waals surface area contributed by atoms with Gasteiger partial charge in [-0.25, -0.2) is 4.98 Å². The van der Waals surface area contributed by atoms with Crippen LogP contribution in [0.1, 0.15) is 20.8 Å². The summed E-state index contributed by atoms with van der Waals surface area (Å²) in [6, 6.07) is 3.68. The van der Waals surface area contributed by atoms with E-state index in [4.69, 9.17) is 4.18 Å². The first-order valence-corrected chi connectivity index (χ1v) is 11.4. The van der Waals surface area contributed by atoms with Gasteiger partial charge in [0, 0.05) is 24.2 Å². The lowest BCUT2D eigenvalue weighted by molar-refractivity contribution is -0.684. The summed E-state index contributed by atoms with van der Waals surface area (Å²) in [5.74, 6) is -0.581. The van der Waals surface area contributed by atoms with Gasteiger partial charge in [-0.3, -0.25) is 8.98 Å². The van der Waals surface area contributed by atoms with Crippen LogP contribution in [0.2, 0.25) is 0 Å². The van der Waals surface area contributed by atoms with Crippen molar-refractivity contribution in [3.05, 3.63) is 30.9 Å². The van der Waals surface area contributed by atoms with Crippen LogP contribution < -0.4 is 9.88 Å². The molecule has 0 bridgehead atoms. The predicted octanol–water partition coefficient (Wildman–Crippen LogP) is 1.72. The van der Waals surface area contributed by atoms with Crippen LogP contribution >= 0.6 is 27.5 Å². The number of amides is 1. The summed E-state index contributed by atoms with van der Waals surface area (Å²) in [4.78, 5) is 16.1. The molecule has 1 atom stereocenters. The van der Waals surface area contributed by atoms with Crippen molar-refractivity contribution in [1.29, 1.82) is 0 Å². The lowest BCUT2D eigenvalue weighted by Gasteiger charge is -2.24. The second-order valence-corrected chi connectivity index (χ2v) is 10.2. The number of halogens is 1. The maximum absolute atomic E-state index is 12.0. The summed E-state index contributed by atoms with van der Waals surface area (Å²) < 4.78 is 34.6. The van der Waals surface area contributed by atoms with Crippen LogP contribution in [0.4, 0.5) is 0 Å². The SMILES string of the molecule is CC(C)(C)C(Br)OS(=O)(=O)CCNC(=O)C[n+]1ccc(-c2ncns2)cc1. The fourth-order valence-electron chi connectivity index (χ4n) is 1.86. The van der Waals surface area contributed by atoms with E-state index < -0.39 is 15.1 Å². The molecule has 0 aliphatic rings. The van der Waals surface area contributed by atoms with Crippen molar-refractivity contribution >= 4 is 43.5 Å². The zero-order valence-corrected chi connectivity index (χ0v) is 18.5. The number of hydrogen-bond donors (Lipinski definition) is 1. The fourth-order valence-corrected chi connectivity index (χ4v) is 4.09. The molecule has 148 valence electrons. The Morgan fingerprint density at radius 3 is 2.59 bits per heavy atom. The number of rotatable bonds is 8. The largest absolute Gasteiger partial charge is 0.349 e. The number of carbonyl (C=O) groups excluding carboxylic acids is 1. The highest BCUT2D eigenvalue weighted by atomic mass is 79.9. The first-order valence-electron chi connectivity index (χ1n) is 8.15. The van der Waals surface area contributed by atoms with E-state index in [9.17, 15) is 13.2 Å². The van der Waals surface area contributed by atoms with Crippen LogP contribution in [0, 0.1) is 5.41 Å². The molecule has 0 radical (unpaired) electrons. The lowest BCUT2D eigenvalue weighted by atomic mass is 9.99. The zero-order chi connectivity index (χ0) is 20.1. The third-order valence-electron chi connectivity index (χ3n) is 3.41. The number of nitrogens with zero attached hydrogens (tertiary/aromatic N) is 3. The molecule has 1 N–H and O–H groups in total. The van der Waals surface area contributed by atoms with Crippen LogP contribution in [-0.4, -0.2) is 41.0 Å². The number of hydrogen-bond acceptors (Lipinski definition) is 7. The van der Waals surface area contributed by atoms with Gasteiger partial charge in [0.25, 0.3) is 16.0 Å². The van der Waals surface area contributed by atoms with Crippen LogP contribution in [0.3, 0.4) is 0 Å². The van der Waals surface area contributed by atoms with E-state index in [2.05, 4.69) is 30.6 Å². The topological polar surface area (TPSA) is 102 Å². The molecule has 1 unspecified atom stereocenters. The molecule has 2 rings (SSSR count). The Hall–Kier alpha value is -1.43. The minimum absolute atomic E-state index is 0.0194. The van der Waals surface area contributed by atoms with Crippen LogP contribution in [0.5, 0.6) is 0 Å². The molecule has 0 fully saturated rings. The predicted molar refractivity (Wildman–Crippen MR) is 106 cm³/mol. The highest BCUT2D eigenvalue weighted by Crippen LogP contribution is 2.28. The number of alkyl halides is 1. The first kappa shape index (κ1) is 21.9. The van der Waals surface area contributed by atoms with Gasteiger partial charge < -0.3 is 5.32 Å². The number of pyridine rings is 1. The molecule has 0 saturated carbocycles. The highest BCUT2D eigenvalue weighted by Gasteiger charge is 2.28. The van der Waals surface area contributed by atoms with Crippen LogP contribution in [0.15, 0.2) is 30.9 Å². The van der Waals surface area contributed by atoms with Gasteiger partial charge in [0.2, 0.25) is 6.54 Å². The Labute approximate surface area is 171 Å². The smallest absolute Gasteiger partial charge is 0.286 e. The average molecular weight is 478 g/mol. The molecule has 27 heavy (non-hydrogen) atoms. The minimum Gasteiger partial charge on any atom is -0.349 e. The second kappa shape index (κ2) is 9.18. The number of nitrogens with one attached hydrogen (secondary N) is 1. The van der Waals surface area contributed by atoms with E-state index >= 15 is 0 Å². The maximum Gasteiger partial charge on any atom is 0.286 e. The van der Waals surface area contributed by atoms with E-state index in [1.54, 1.807) is 17.0 Å². The molecule has 2 aromatic rings. The highest BCUT2D eigenvalue weighted by molar-refractivity contribution is 9.09. The van der Waals surface area contributed by atoms with Crippen molar-refractivity contribution in [2.45, 2.75) is 32.3 Å². The number of aromatic nitrogens is 3. The van der Waals surface area contributed by atoms with Crippen molar-refractivity contribution in [2.75, 3.05) is 12.3 Å². The zero-order valence-electron chi connectivity index (χ0n) is 15.3. The van der Waals surface area contributed by atoms with Gasteiger partial charge in [-0.15, -0.1) is 0 Å². The number of carbonyl (C=O) groups is 1. The summed E-state index contributed by atoms with van der Waals surface area (Å²) in [6.07, 6.45) is 5.01. The monoisotopic (exact) mass is 477 g/mol. The van der Waals surface area contributed by atoms with Gasteiger partial charge in [-0.2, -0.15) is 17.4 Å². The van der Waals surface area contributed by atoms with E-state index in [1.165, 1.54) is 17.9 Å². The third kappa shape index (κ3) is 7.24. The van der Waals surface area contributed by atoms with Crippen molar-refractivity contribution in [1.82, 2.24) is 14.7 Å². The van der Waals surface area contributed by atoms with Gasteiger partial charge >= 0.3 is 0 Å². The molecule has 0 aromatic carbocycles. The van der Waals surface area contributed by atoms with Crippen molar-refractivity contribution < 1.29 is 22.0 Å².